The second kappa shape index (κ2) is 4.37. The van der Waals surface area contributed by atoms with Gasteiger partial charge in [0.2, 0.25) is 0 Å². The maximum atomic E-state index is 11.9. The second-order valence-electron chi connectivity index (χ2n) is 4.99. The van der Waals surface area contributed by atoms with E-state index in [1.807, 2.05) is 27.8 Å². The normalized spacial score (nSPS) is 24.7. The molecule has 0 aromatic heterocycles. The Morgan fingerprint density at radius 3 is 2.33 bits per heavy atom. The molecule has 0 spiro atoms. The lowest BCUT2D eigenvalue weighted by molar-refractivity contribution is 0.421. The van der Waals surface area contributed by atoms with Gasteiger partial charge in [0.1, 0.15) is 0 Å². The predicted octanol–water partition coefficient (Wildman–Crippen LogP) is -0.0870. The van der Waals surface area contributed by atoms with E-state index in [0.717, 1.165) is 6.42 Å². The van der Waals surface area contributed by atoms with E-state index < -0.39 is 15.7 Å². The van der Waals surface area contributed by atoms with E-state index in [2.05, 4.69) is 10.0 Å². The Morgan fingerprint density at radius 1 is 1.33 bits per heavy atom. The van der Waals surface area contributed by atoms with Crippen LogP contribution in [0.4, 0.5) is 0 Å². The van der Waals surface area contributed by atoms with Gasteiger partial charge in [-0.05, 0) is 34.2 Å². The van der Waals surface area contributed by atoms with E-state index >= 15 is 0 Å². The van der Waals surface area contributed by atoms with Gasteiger partial charge < -0.3 is 5.32 Å². The minimum absolute atomic E-state index is 0.279. The van der Waals surface area contributed by atoms with E-state index in [0.29, 0.717) is 13.1 Å². The number of hydrogen-bond acceptors (Lipinski definition) is 3. The first-order chi connectivity index (χ1) is 6.74. The molecule has 6 heteroatoms. The molecule has 1 aliphatic heterocycles. The fraction of sp³-hybridized carbons (Fsp3) is 1.00. The lowest BCUT2D eigenvalue weighted by atomic mass is 10.1. The lowest BCUT2D eigenvalue weighted by Crippen LogP contribution is -2.48. The Hall–Kier alpha value is -0.170. The van der Waals surface area contributed by atoms with Gasteiger partial charge in [0.15, 0.2) is 0 Å². The van der Waals surface area contributed by atoms with Gasteiger partial charge in [-0.15, -0.1) is 0 Å². The zero-order chi connectivity index (χ0) is 11.7. The minimum Gasteiger partial charge on any atom is -0.316 e. The Morgan fingerprint density at radius 2 is 1.93 bits per heavy atom. The molecule has 90 valence electrons. The SMILES string of the molecule is CNC1CCN(S(=O)(=O)NC(C)(C)C)C1. The van der Waals surface area contributed by atoms with Crippen LogP contribution in [0.3, 0.4) is 0 Å². The first-order valence-electron chi connectivity index (χ1n) is 5.21. The number of nitrogens with one attached hydrogen (secondary N) is 2. The molecule has 1 rings (SSSR count). The van der Waals surface area contributed by atoms with Crippen molar-refractivity contribution in [3.05, 3.63) is 0 Å². The van der Waals surface area contributed by atoms with Crippen LogP contribution in [0, 0.1) is 0 Å². The third kappa shape index (κ3) is 3.71. The van der Waals surface area contributed by atoms with Gasteiger partial charge in [-0.25, -0.2) is 0 Å². The van der Waals surface area contributed by atoms with Crippen LogP contribution in [0.15, 0.2) is 0 Å². The highest BCUT2D eigenvalue weighted by molar-refractivity contribution is 7.87. The maximum absolute atomic E-state index is 11.9. The molecule has 0 aliphatic carbocycles. The van der Waals surface area contributed by atoms with Gasteiger partial charge in [0.05, 0.1) is 0 Å². The molecule has 1 fully saturated rings. The molecule has 1 saturated heterocycles. The van der Waals surface area contributed by atoms with Gasteiger partial charge in [-0.1, -0.05) is 0 Å². The molecule has 15 heavy (non-hydrogen) atoms. The first-order valence-corrected chi connectivity index (χ1v) is 6.65. The number of rotatable bonds is 3. The third-order valence-corrected chi connectivity index (χ3v) is 4.22. The zero-order valence-corrected chi connectivity index (χ0v) is 10.7. The van der Waals surface area contributed by atoms with Crippen LogP contribution in [-0.2, 0) is 10.2 Å². The highest BCUT2D eigenvalue weighted by atomic mass is 32.2. The number of likely N-dealkylation sites (N-methyl/N-ethyl adjacent to an activating group) is 1. The van der Waals surface area contributed by atoms with Crippen LogP contribution >= 0.6 is 0 Å². The standard InChI is InChI=1S/C9H21N3O2S/c1-9(2,3)11-15(13,14)12-6-5-8(7-12)10-4/h8,10-11H,5-7H2,1-4H3. The van der Waals surface area contributed by atoms with Crippen molar-refractivity contribution < 1.29 is 8.42 Å². The molecule has 1 atom stereocenters. The van der Waals surface area contributed by atoms with Crippen molar-refractivity contribution in [2.45, 2.75) is 38.8 Å². The third-order valence-electron chi connectivity index (χ3n) is 2.33. The number of hydrogen-bond donors (Lipinski definition) is 2. The molecule has 2 N–H and O–H groups in total. The smallest absolute Gasteiger partial charge is 0.279 e. The van der Waals surface area contributed by atoms with Crippen LogP contribution in [0.25, 0.3) is 0 Å². The molecule has 0 aromatic rings. The fourth-order valence-corrected chi connectivity index (χ4v) is 3.26. The van der Waals surface area contributed by atoms with Crippen molar-refractivity contribution in [1.82, 2.24) is 14.3 Å². The van der Waals surface area contributed by atoms with E-state index in [1.165, 1.54) is 4.31 Å². The quantitative estimate of drug-likeness (QED) is 0.719. The molecule has 0 radical (unpaired) electrons. The van der Waals surface area contributed by atoms with E-state index in [-0.39, 0.29) is 6.04 Å². The molecule has 0 amide bonds. The van der Waals surface area contributed by atoms with Gasteiger partial charge in [-0.3, -0.25) is 0 Å². The van der Waals surface area contributed by atoms with Crippen molar-refractivity contribution in [1.29, 1.82) is 0 Å². The second-order valence-corrected chi connectivity index (χ2v) is 6.66. The lowest BCUT2D eigenvalue weighted by Gasteiger charge is -2.25. The predicted molar refractivity (Wildman–Crippen MR) is 60.8 cm³/mol. The molecule has 5 nitrogen and oxygen atoms in total. The van der Waals surface area contributed by atoms with Crippen LogP contribution in [-0.4, -0.2) is 44.4 Å². The summed E-state index contributed by atoms with van der Waals surface area (Å²) in [5.41, 5.74) is -0.420. The topological polar surface area (TPSA) is 61.4 Å². The minimum atomic E-state index is -3.32. The Kier molecular flexibility index (Phi) is 3.76. The average Bonchev–Trinajstić information content (AvgIpc) is 2.47. The summed E-state index contributed by atoms with van der Waals surface area (Å²) in [5, 5.41) is 3.09. The summed E-state index contributed by atoms with van der Waals surface area (Å²) in [5.74, 6) is 0. The summed E-state index contributed by atoms with van der Waals surface area (Å²) in [6, 6.07) is 0.279. The van der Waals surface area contributed by atoms with Crippen molar-refractivity contribution >= 4 is 10.2 Å². The van der Waals surface area contributed by atoms with Crippen molar-refractivity contribution in [3.63, 3.8) is 0 Å². The largest absolute Gasteiger partial charge is 0.316 e. The van der Waals surface area contributed by atoms with Gasteiger partial charge in [0, 0.05) is 24.7 Å². The highest BCUT2D eigenvalue weighted by Gasteiger charge is 2.32. The van der Waals surface area contributed by atoms with Crippen LogP contribution in [0.5, 0.6) is 0 Å². The Bertz CT molecular complexity index is 308. The summed E-state index contributed by atoms with van der Waals surface area (Å²) < 4.78 is 27.9. The van der Waals surface area contributed by atoms with Crippen molar-refractivity contribution in [3.8, 4) is 0 Å². The van der Waals surface area contributed by atoms with E-state index in [9.17, 15) is 8.42 Å². The summed E-state index contributed by atoms with van der Waals surface area (Å²) >= 11 is 0. The first kappa shape index (κ1) is 12.9. The fourth-order valence-electron chi connectivity index (χ4n) is 1.63. The Balaban J connectivity index is 2.64. The van der Waals surface area contributed by atoms with E-state index in [1.54, 1.807) is 0 Å². The van der Waals surface area contributed by atoms with Gasteiger partial charge >= 0.3 is 0 Å². The van der Waals surface area contributed by atoms with Gasteiger partial charge in [0.25, 0.3) is 10.2 Å². The molecule has 1 aliphatic rings. The maximum Gasteiger partial charge on any atom is 0.279 e. The zero-order valence-electron chi connectivity index (χ0n) is 9.87. The van der Waals surface area contributed by atoms with Crippen LogP contribution < -0.4 is 10.0 Å². The molecule has 1 unspecified atom stereocenters. The van der Waals surface area contributed by atoms with E-state index in [4.69, 9.17) is 0 Å². The Labute approximate surface area is 92.4 Å². The van der Waals surface area contributed by atoms with Crippen LogP contribution in [0.1, 0.15) is 27.2 Å². The molecular weight excluding hydrogens is 214 g/mol. The molecule has 0 bridgehead atoms. The summed E-state index contributed by atoms with van der Waals surface area (Å²) in [6.07, 6.45) is 0.877. The molecular formula is C9H21N3O2S. The highest BCUT2D eigenvalue weighted by Crippen LogP contribution is 2.14. The molecule has 0 saturated carbocycles. The van der Waals surface area contributed by atoms with Crippen molar-refractivity contribution in [2.75, 3.05) is 20.1 Å². The number of nitrogens with zero attached hydrogens (tertiary/aromatic N) is 1. The van der Waals surface area contributed by atoms with Gasteiger partial charge in [-0.2, -0.15) is 17.4 Å². The average molecular weight is 235 g/mol. The molecule has 0 aromatic carbocycles. The monoisotopic (exact) mass is 235 g/mol. The summed E-state index contributed by atoms with van der Waals surface area (Å²) in [6.45, 7) is 6.68. The summed E-state index contributed by atoms with van der Waals surface area (Å²) in [7, 11) is -1.46. The van der Waals surface area contributed by atoms with Crippen molar-refractivity contribution in [2.24, 2.45) is 0 Å². The van der Waals surface area contributed by atoms with Crippen LogP contribution in [0.2, 0.25) is 0 Å². The summed E-state index contributed by atoms with van der Waals surface area (Å²) in [4.78, 5) is 0. The molecule has 1 heterocycles.